The van der Waals surface area contributed by atoms with Crippen molar-refractivity contribution in [2.75, 3.05) is 26.2 Å². The zero-order valence-electron chi connectivity index (χ0n) is 17.7. The number of carbonyl (C=O) groups is 1. The Hall–Kier alpha value is -1.73. The fourth-order valence-electron chi connectivity index (χ4n) is 3.79. The summed E-state index contributed by atoms with van der Waals surface area (Å²) in [4.78, 5) is 37.2. The number of hydrogen-bond donors (Lipinski definition) is 0. The summed E-state index contributed by atoms with van der Waals surface area (Å²) in [5.74, 6) is 1.39. The van der Waals surface area contributed by atoms with Gasteiger partial charge in [0, 0.05) is 18.0 Å². The average Bonchev–Trinajstić information content (AvgIpc) is 2.96. The van der Waals surface area contributed by atoms with Crippen LogP contribution in [0.4, 0.5) is 0 Å². The second-order valence-corrected chi connectivity index (χ2v) is 9.11. The van der Waals surface area contributed by atoms with E-state index in [0.717, 1.165) is 54.3 Å². The molecule has 1 saturated heterocycles. The molecule has 1 aliphatic rings. The Morgan fingerprint density at radius 2 is 1.86 bits per heavy atom. The van der Waals surface area contributed by atoms with Gasteiger partial charge in [-0.15, -0.1) is 11.3 Å². The number of piperidine rings is 1. The minimum absolute atomic E-state index is 0.0283. The molecule has 0 aliphatic carbocycles. The van der Waals surface area contributed by atoms with Crippen LogP contribution in [0, 0.1) is 19.8 Å². The maximum Gasteiger partial charge on any atom is 0.263 e. The summed E-state index contributed by atoms with van der Waals surface area (Å²) in [5.41, 5.74) is 0.910. The van der Waals surface area contributed by atoms with E-state index in [9.17, 15) is 9.59 Å². The van der Waals surface area contributed by atoms with Gasteiger partial charge in [0.2, 0.25) is 5.91 Å². The van der Waals surface area contributed by atoms with Gasteiger partial charge in [-0.1, -0.05) is 20.8 Å². The first kappa shape index (κ1) is 21.0. The monoisotopic (exact) mass is 404 g/mol. The third-order valence-electron chi connectivity index (χ3n) is 6.06. The van der Waals surface area contributed by atoms with Gasteiger partial charge in [-0.2, -0.15) is 0 Å². The number of thiophene rings is 1. The molecule has 7 heteroatoms. The van der Waals surface area contributed by atoms with Gasteiger partial charge < -0.3 is 4.90 Å². The molecule has 3 rings (SSSR count). The van der Waals surface area contributed by atoms with Crippen LogP contribution in [-0.2, 0) is 17.9 Å². The predicted octanol–water partition coefficient (Wildman–Crippen LogP) is 3.18. The van der Waals surface area contributed by atoms with Gasteiger partial charge in [0.05, 0.1) is 11.9 Å². The van der Waals surface area contributed by atoms with Gasteiger partial charge in [-0.05, 0) is 51.3 Å². The lowest BCUT2D eigenvalue weighted by atomic mass is 9.99. The van der Waals surface area contributed by atoms with E-state index in [2.05, 4.69) is 25.7 Å². The van der Waals surface area contributed by atoms with Crippen molar-refractivity contribution in [3.63, 3.8) is 0 Å². The number of amides is 1. The Morgan fingerprint density at radius 1 is 1.21 bits per heavy atom. The van der Waals surface area contributed by atoms with E-state index in [0.29, 0.717) is 23.7 Å². The molecule has 0 radical (unpaired) electrons. The number of carbonyl (C=O) groups excluding carboxylic acids is 1. The van der Waals surface area contributed by atoms with Crippen molar-refractivity contribution in [1.82, 2.24) is 19.4 Å². The minimum Gasteiger partial charge on any atom is -0.341 e. The summed E-state index contributed by atoms with van der Waals surface area (Å²) in [6, 6.07) is 0. The van der Waals surface area contributed by atoms with E-state index >= 15 is 0 Å². The zero-order chi connectivity index (χ0) is 20.4. The number of hydrogen-bond acceptors (Lipinski definition) is 5. The number of fused-ring (bicyclic) bond motifs is 1. The van der Waals surface area contributed by atoms with Gasteiger partial charge in [0.25, 0.3) is 5.56 Å². The second kappa shape index (κ2) is 8.74. The molecule has 0 aromatic carbocycles. The van der Waals surface area contributed by atoms with E-state index in [4.69, 9.17) is 4.98 Å². The Kier molecular flexibility index (Phi) is 6.55. The number of nitrogens with zero attached hydrogens (tertiary/aromatic N) is 4. The Balaban J connectivity index is 2.00. The SMILES string of the molecule is CCN(CC)Cc1nc2sc(C)c(C)c2c(=O)n1CC(=O)N1CCC(C)CC1. The van der Waals surface area contributed by atoms with Crippen LogP contribution < -0.4 is 5.56 Å². The fraction of sp³-hybridized carbons (Fsp3) is 0.667. The molecule has 1 fully saturated rings. The lowest BCUT2D eigenvalue weighted by Crippen LogP contribution is -2.42. The van der Waals surface area contributed by atoms with Crippen molar-refractivity contribution in [1.29, 1.82) is 0 Å². The van der Waals surface area contributed by atoms with Gasteiger partial charge in [-0.3, -0.25) is 19.1 Å². The fourth-order valence-corrected chi connectivity index (χ4v) is 4.83. The molecule has 28 heavy (non-hydrogen) atoms. The predicted molar refractivity (Wildman–Crippen MR) is 115 cm³/mol. The molecule has 0 saturated carbocycles. The Morgan fingerprint density at radius 3 is 2.46 bits per heavy atom. The van der Waals surface area contributed by atoms with Crippen molar-refractivity contribution in [3.05, 3.63) is 26.6 Å². The van der Waals surface area contributed by atoms with Crippen LogP contribution in [-0.4, -0.2) is 51.4 Å². The molecule has 2 aromatic rings. The topological polar surface area (TPSA) is 58.4 Å². The van der Waals surface area contributed by atoms with Gasteiger partial charge in [0.15, 0.2) is 0 Å². The van der Waals surface area contributed by atoms with Crippen LogP contribution >= 0.6 is 11.3 Å². The van der Waals surface area contributed by atoms with E-state index < -0.39 is 0 Å². The first-order valence-corrected chi connectivity index (χ1v) is 11.2. The third kappa shape index (κ3) is 4.15. The molecule has 3 heterocycles. The van der Waals surface area contributed by atoms with Gasteiger partial charge >= 0.3 is 0 Å². The van der Waals surface area contributed by atoms with Crippen molar-refractivity contribution in [2.24, 2.45) is 5.92 Å². The van der Waals surface area contributed by atoms with Crippen LogP contribution in [0.5, 0.6) is 0 Å². The molecule has 6 nitrogen and oxygen atoms in total. The van der Waals surface area contributed by atoms with Gasteiger partial charge in [0.1, 0.15) is 17.2 Å². The van der Waals surface area contributed by atoms with E-state index in [-0.39, 0.29) is 18.0 Å². The summed E-state index contributed by atoms with van der Waals surface area (Å²) in [6.07, 6.45) is 2.07. The van der Waals surface area contributed by atoms with Crippen LogP contribution in [0.15, 0.2) is 4.79 Å². The van der Waals surface area contributed by atoms with Crippen LogP contribution in [0.25, 0.3) is 10.2 Å². The zero-order valence-corrected chi connectivity index (χ0v) is 18.6. The minimum atomic E-state index is -0.0762. The molecule has 0 N–H and O–H groups in total. The molecular weight excluding hydrogens is 372 g/mol. The molecule has 1 amide bonds. The highest BCUT2D eigenvalue weighted by Crippen LogP contribution is 2.26. The molecule has 1 aliphatic heterocycles. The molecule has 0 bridgehead atoms. The average molecular weight is 405 g/mol. The molecule has 0 atom stereocenters. The van der Waals surface area contributed by atoms with Crippen LogP contribution in [0.3, 0.4) is 0 Å². The second-order valence-electron chi connectivity index (χ2n) is 7.91. The first-order valence-electron chi connectivity index (χ1n) is 10.3. The van der Waals surface area contributed by atoms with Crippen LogP contribution in [0.2, 0.25) is 0 Å². The molecule has 154 valence electrons. The van der Waals surface area contributed by atoms with E-state index in [1.54, 1.807) is 15.9 Å². The van der Waals surface area contributed by atoms with Gasteiger partial charge in [-0.25, -0.2) is 4.98 Å². The summed E-state index contributed by atoms with van der Waals surface area (Å²) in [7, 11) is 0. The van der Waals surface area contributed by atoms with Crippen molar-refractivity contribution in [2.45, 2.75) is 60.5 Å². The number of likely N-dealkylation sites (tertiary alicyclic amines) is 1. The highest BCUT2D eigenvalue weighted by molar-refractivity contribution is 7.18. The first-order chi connectivity index (χ1) is 13.3. The highest BCUT2D eigenvalue weighted by Gasteiger charge is 2.24. The normalized spacial score (nSPS) is 15.7. The van der Waals surface area contributed by atoms with Crippen molar-refractivity contribution < 1.29 is 4.79 Å². The quantitative estimate of drug-likeness (QED) is 0.742. The third-order valence-corrected chi connectivity index (χ3v) is 7.16. The molecule has 0 spiro atoms. The molecule has 2 aromatic heterocycles. The summed E-state index contributed by atoms with van der Waals surface area (Å²) in [5, 5.41) is 0.672. The Labute approximate surface area is 171 Å². The van der Waals surface area contributed by atoms with Crippen molar-refractivity contribution >= 4 is 27.5 Å². The maximum absolute atomic E-state index is 13.4. The summed E-state index contributed by atoms with van der Waals surface area (Å²) in [6.45, 7) is 14.4. The Bertz CT molecular complexity index is 905. The van der Waals surface area contributed by atoms with Crippen molar-refractivity contribution in [3.8, 4) is 0 Å². The number of rotatable bonds is 6. The van der Waals surface area contributed by atoms with E-state index in [1.807, 2.05) is 18.7 Å². The number of aromatic nitrogens is 2. The standard InChI is InChI=1S/C21H32N4O2S/c1-6-23(7-2)12-17-22-20-19(15(4)16(5)28-20)21(27)25(17)13-18(26)24-10-8-14(3)9-11-24/h14H,6-13H2,1-5H3. The maximum atomic E-state index is 13.4. The summed E-state index contributed by atoms with van der Waals surface area (Å²) >= 11 is 1.57. The number of aryl methyl sites for hydroxylation is 2. The lowest BCUT2D eigenvalue weighted by Gasteiger charge is -2.30. The van der Waals surface area contributed by atoms with Crippen LogP contribution in [0.1, 0.15) is 49.9 Å². The lowest BCUT2D eigenvalue weighted by molar-refractivity contribution is -0.133. The molecular formula is C21H32N4O2S. The molecule has 0 unspecified atom stereocenters. The largest absolute Gasteiger partial charge is 0.341 e. The summed E-state index contributed by atoms with van der Waals surface area (Å²) < 4.78 is 1.63. The smallest absolute Gasteiger partial charge is 0.263 e. The van der Waals surface area contributed by atoms with E-state index in [1.165, 1.54) is 0 Å². The highest BCUT2D eigenvalue weighted by atomic mass is 32.1.